The highest BCUT2D eigenvalue weighted by Crippen LogP contribution is 2.14. The lowest BCUT2D eigenvalue weighted by Crippen LogP contribution is -2.10. The highest BCUT2D eigenvalue weighted by Gasteiger charge is 2.05. The number of aryl methyl sites for hydroxylation is 2. The minimum atomic E-state index is 0.822. The highest BCUT2D eigenvalue weighted by molar-refractivity contribution is 5.46. The normalized spacial score (nSPS) is 11.1. The molecule has 2 rings (SSSR count). The Morgan fingerprint density at radius 1 is 1.30 bits per heavy atom. The van der Waals surface area contributed by atoms with E-state index in [9.17, 15) is 0 Å². The van der Waals surface area contributed by atoms with Crippen molar-refractivity contribution in [1.82, 2.24) is 14.7 Å². The lowest BCUT2D eigenvalue weighted by Gasteiger charge is -2.12. The van der Waals surface area contributed by atoms with Crippen LogP contribution in [0, 0.1) is 0 Å². The van der Waals surface area contributed by atoms with Gasteiger partial charge in [0.25, 0.3) is 0 Å². The van der Waals surface area contributed by atoms with E-state index in [1.807, 2.05) is 11.7 Å². The molecule has 0 aliphatic rings. The van der Waals surface area contributed by atoms with Crippen molar-refractivity contribution in [2.24, 2.45) is 7.05 Å². The molecule has 1 aromatic carbocycles. The van der Waals surface area contributed by atoms with Crippen LogP contribution >= 0.6 is 0 Å². The summed E-state index contributed by atoms with van der Waals surface area (Å²) in [6, 6.07) is 8.58. The van der Waals surface area contributed by atoms with Gasteiger partial charge in [0.1, 0.15) is 0 Å². The predicted octanol–water partition coefficient (Wildman–Crippen LogP) is 2.66. The molecule has 1 N–H and O–H groups in total. The number of hydrogen-bond donors (Lipinski definition) is 1. The molecular weight excluding hydrogens is 248 g/mol. The largest absolute Gasteiger partial charge is 0.381 e. The summed E-state index contributed by atoms with van der Waals surface area (Å²) in [6.07, 6.45) is 3.06. The molecule has 0 aliphatic heterocycles. The Balaban J connectivity index is 2.03. The molecule has 1 heterocycles. The first kappa shape index (κ1) is 14.6. The third-order valence-corrected chi connectivity index (χ3v) is 3.24. The zero-order valence-corrected chi connectivity index (χ0v) is 12.8. The first-order chi connectivity index (χ1) is 9.58. The van der Waals surface area contributed by atoms with Crippen molar-refractivity contribution < 1.29 is 0 Å². The molecule has 0 radical (unpaired) electrons. The zero-order chi connectivity index (χ0) is 14.5. The fraction of sp³-hybridized carbons (Fsp3) is 0.438. The van der Waals surface area contributed by atoms with E-state index in [2.05, 4.69) is 66.8 Å². The molecular formula is C16H24N4. The quantitative estimate of drug-likeness (QED) is 0.877. The molecule has 0 bridgehead atoms. The molecule has 0 spiro atoms. The molecule has 4 heteroatoms. The van der Waals surface area contributed by atoms with Crippen molar-refractivity contribution in [3.63, 3.8) is 0 Å². The number of anilines is 1. The van der Waals surface area contributed by atoms with Crippen LogP contribution in [0.3, 0.4) is 0 Å². The van der Waals surface area contributed by atoms with Crippen molar-refractivity contribution in [1.29, 1.82) is 0 Å². The van der Waals surface area contributed by atoms with Crippen molar-refractivity contribution in [3.8, 4) is 0 Å². The van der Waals surface area contributed by atoms with E-state index >= 15 is 0 Å². The smallest absolute Gasteiger partial charge is 0.0671 e. The zero-order valence-electron chi connectivity index (χ0n) is 12.8. The van der Waals surface area contributed by atoms with Gasteiger partial charge in [-0.1, -0.05) is 19.1 Å². The summed E-state index contributed by atoms with van der Waals surface area (Å²) in [4.78, 5) is 2.18. The topological polar surface area (TPSA) is 33.1 Å². The maximum atomic E-state index is 4.47. The van der Waals surface area contributed by atoms with E-state index in [0.29, 0.717) is 0 Å². The molecule has 0 amide bonds. The van der Waals surface area contributed by atoms with Crippen molar-refractivity contribution >= 4 is 5.69 Å². The van der Waals surface area contributed by atoms with Crippen LogP contribution in [-0.4, -0.2) is 28.8 Å². The predicted molar refractivity (Wildman–Crippen MR) is 83.7 cm³/mol. The lowest BCUT2D eigenvalue weighted by atomic mass is 10.1. The van der Waals surface area contributed by atoms with E-state index < -0.39 is 0 Å². The molecule has 20 heavy (non-hydrogen) atoms. The van der Waals surface area contributed by atoms with Gasteiger partial charge in [0.2, 0.25) is 0 Å². The third-order valence-electron chi connectivity index (χ3n) is 3.24. The Labute approximate surface area is 121 Å². The average molecular weight is 272 g/mol. The standard InChI is InChI=1S/C16H24N4/c1-5-16-14(12-20(4)18-16)10-17-15-8-6-7-13(9-15)11-19(2)3/h6-9,12,17H,5,10-11H2,1-4H3. The Bertz CT molecular complexity index is 557. The van der Waals surface area contributed by atoms with Gasteiger partial charge in [0.15, 0.2) is 0 Å². The second kappa shape index (κ2) is 6.57. The minimum absolute atomic E-state index is 0.822. The van der Waals surface area contributed by atoms with E-state index in [-0.39, 0.29) is 0 Å². The number of benzene rings is 1. The molecule has 0 unspecified atom stereocenters. The number of rotatable bonds is 6. The third kappa shape index (κ3) is 3.84. The second-order valence-corrected chi connectivity index (χ2v) is 5.42. The van der Waals surface area contributed by atoms with Crippen LogP contribution in [0.1, 0.15) is 23.7 Å². The van der Waals surface area contributed by atoms with Gasteiger partial charge in [0.05, 0.1) is 5.69 Å². The van der Waals surface area contributed by atoms with Gasteiger partial charge < -0.3 is 10.2 Å². The van der Waals surface area contributed by atoms with E-state index in [4.69, 9.17) is 0 Å². The van der Waals surface area contributed by atoms with Crippen LogP contribution in [0.25, 0.3) is 0 Å². The highest BCUT2D eigenvalue weighted by atomic mass is 15.3. The van der Waals surface area contributed by atoms with Gasteiger partial charge in [-0.2, -0.15) is 5.10 Å². The fourth-order valence-electron chi connectivity index (χ4n) is 2.37. The summed E-state index contributed by atoms with van der Waals surface area (Å²) >= 11 is 0. The van der Waals surface area contributed by atoms with Crippen LogP contribution in [0.2, 0.25) is 0 Å². The summed E-state index contributed by atoms with van der Waals surface area (Å²) in [5.74, 6) is 0. The van der Waals surface area contributed by atoms with Gasteiger partial charge in [-0.15, -0.1) is 0 Å². The molecule has 0 saturated heterocycles. The van der Waals surface area contributed by atoms with Gasteiger partial charge >= 0.3 is 0 Å². The molecule has 0 aliphatic carbocycles. The molecule has 0 atom stereocenters. The van der Waals surface area contributed by atoms with Crippen LogP contribution in [0.15, 0.2) is 30.5 Å². The first-order valence-corrected chi connectivity index (χ1v) is 7.07. The molecule has 0 fully saturated rings. The number of hydrogen-bond acceptors (Lipinski definition) is 3. The Hall–Kier alpha value is -1.81. The number of nitrogens with one attached hydrogen (secondary N) is 1. The van der Waals surface area contributed by atoms with Crippen molar-refractivity contribution in [3.05, 3.63) is 47.3 Å². The molecule has 4 nitrogen and oxygen atoms in total. The van der Waals surface area contributed by atoms with Crippen LogP contribution in [-0.2, 0) is 26.6 Å². The van der Waals surface area contributed by atoms with Gasteiger partial charge in [-0.3, -0.25) is 4.68 Å². The van der Waals surface area contributed by atoms with E-state index in [1.54, 1.807) is 0 Å². The van der Waals surface area contributed by atoms with Crippen molar-refractivity contribution in [2.75, 3.05) is 19.4 Å². The average Bonchev–Trinajstić information content (AvgIpc) is 2.76. The van der Waals surface area contributed by atoms with E-state index in [1.165, 1.54) is 16.8 Å². The van der Waals surface area contributed by atoms with Crippen molar-refractivity contribution in [2.45, 2.75) is 26.4 Å². The van der Waals surface area contributed by atoms with Crippen LogP contribution in [0.4, 0.5) is 5.69 Å². The molecule has 2 aromatic rings. The Morgan fingerprint density at radius 2 is 2.10 bits per heavy atom. The molecule has 1 aromatic heterocycles. The van der Waals surface area contributed by atoms with Crippen LogP contribution < -0.4 is 5.32 Å². The van der Waals surface area contributed by atoms with Gasteiger partial charge in [0, 0.05) is 37.6 Å². The first-order valence-electron chi connectivity index (χ1n) is 7.07. The summed E-state index contributed by atoms with van der Waals surface area (Å²) in [5.41, 5.74) is 4.93. The maximum Gasteiger partial charge on any atom is 0.0671 e. The summed E-state index contributed by atoms with van der Waals surface area (Å²) in [7, 11) is 6.15. The molecule has 0 saturated carbocycles. The van der Waals surface area contributed by atoms with E-state index in [0.717, 1.165) is 25.2 Å². The Kier molecular flexibility index (Phi) is 4.79. The summed E-state index contributed by atoms with van der Waals surface area (Å²) in [6.45, 7) is 3.93. The van der Waals surface area contributed by atoms with Gasteiger partial charge in [-0.05, 0) is 38.2 Å². The van der Waals surface area contributed by atoms with Gasteiger partial charge in [-0.25, -0.2) is 0 Å². The summed E-state index contributed by atoms with van der Waals surface area (Å²) in [5, 5.41) is 7.96. The fourth-order valence-corrected chi connectivity index (χ4v) is 2.37. The number of nitrogens with zero attached hydrogens (tertiary/aromatic N) is 3. The number of aromatic nitrogens is 2. The second-order valence-electron chi connectivity index (χ2n) is 5.42. The monoisotopic (exact) mass is 272 g/mol. The summed E-state index contributed by atoms with van der Waals surface area (Å²) < 4.78 is 1.89. The van der Waals surface area contributed by atoms with Crippen LogP contribution in [0.5, 0.6) is 0 Å². The minimum Gasteiger partial charge on any atom is -0.381 e. The Morgan fingerprint density at radius 3 is 2.80 bits per heavy atom. The molecule has 108 valence electrons. The SMILES string of the molecule is CCc1nn(C)cc1CNc1cccc(CN(C)C)c1. The lowest BCUT2D eigenvalue weighted by molar-refractivity contribution is 0.402. The maximum absolute atomic E-state index is 4.47.